The Morgan fingerprint density at radius 2 is 1.70 bits per heavy atom. The minimum Gasteiger partial charge on any atom is -0.493 e. The highest BCUT2D eigenvalue weighted by molar-refractivity contribution is 5.96. The van der Waals surface area contributed by atoms with E-state index >= 15 is 0 Å². The number of ether oxygens (including phenoxy) is 4. The van der Waals surface area contributed by atoms with Crippen molar-refractivity contribution in [2.45, 2.75) is 51.7 Å². The molecule has 1 aliphatic rings. The van der Waals surface area contributed by atoms with Crippen molar-refractivity contribution in [1.29, 1.82) is 0 Å². The summed E-state index contributed by atoms with van der Waals surface area (Å²) in [5.41, 5.74) is 0.167. The third-order valence-corrected chi connectivity index (χ3v) is 5.02. The van der Waals surface area contributed by atoms with E-state index in [0.717, 1.165) is 19.3 Å². The van der Waals surface area contributed by atoms with Crippen molar-refractivity contribution in [3.8, 4) is 17.2 Å². The molecule has 3 atom stereocenters. The Balaban J connectivity index is 2.08. The summed E-state index contributed by atoms with van der Waals surface area (Å²) in [6.07, 6.45) is 3.44. The Labute approximate surface area is 160 Å². The molecular formula is C20H29NO6. The lowest BCUT2D eigenvalue weighted by molar-refractivity contribution is -0.130. The van der Waals surface area contributed by atoms with Crippen LogP contribution in [0.1, 0.15) is 49.9 Å². The number of esters is 1. The molecule has 150 valence electrons. The number of carbonyl (C=O) groups is 2. The van der Waals surface area contributed by atoms with E-state index in [4.69, 9.17) is 18.9 Å². The van der Waals surface area contributed by atoms with E-state index in [2.05, 4.69) is 12.2 Å². The van der Waals surface area contributed by atoms with Gasteiger partial charge in [0, 0.05) is 6.04 Å². The van der Waals surface area contributed by atoms with Crippen LogP contribution in [-0.4, -0.2) is 45.4 Å². The Morgan fingerprint density at radius 3 is 2.30 bits per heavy atom. The molecule has 1 aromatic carbocycles. The van der Waals surface area contributed by atoms with Crippen molar-refractivity contribution in [3.63, 3.8) is 0 Å². The van der Waals surface area contributed by atoms with Gasteiger partial charge >= 0.3 is 5.97 Å². The fourth-order valence-corrected chi connectivity index (χ4v) is 3.37. The summed E-state index contributed by atoms with van der Waals surface area (Å²) in [5.74, 6) is 0.408. The minimum atomic E-state index is -0.913. The molecule has 0 spiro atoms. The number of rotatable bonds is 7. The monoisotopic (exact) mass is 379 g/mol. The highest BCUT2D eigenvalue weighted by atomic mass is 16.6. The van der Waals surface area contributed by atoms with Gasteiger partial charge in [0.25, 0.3) is 5.91 Å². The van der Waals surface area contributed by atoms with Crippen LogP contribution in [0.25, 0.3) is 0 Å². The first-order valence-electron chi connectivity index (χ1n) is 9.23. The Morgan fingerprint density at radius 1 is 1.04 bits per heavy atom. The molecule has 7 heteroatoms. The molecule has 1 aliphatic carbocycles. The molecule has 7 nitrogen and oxygen atoms in total. The standard InChI is InChI=1S/C20H29NO6/c1-12-8-6-7-9-15(12)21-19(22)13(2)27-20(23)14-10-11-16(24-3)18(26-5)17(14)25-4/h10-13,15H,6-9H2,1-5H3,(H,21,22)/t12-,13-,15-/m1/s1. The van der Waals surface area contributed by atoms with Crippen LogP contribution in [0.4, 0.5) is 0 Å². The lowest BCUT2D eigenvalue weighted by Crippen LogP contribution is -2.46. The molecule has 0 radical (unpaired) electrons. The number of amides is 1. The van der Waals surface area contributed by atoms with E-state index < -0.39 is 12.1 Å². The van der Waals surface area contributed by atoms with Gasteiger partial charge in [-0.15, -0.1) is 0 Å². The first kappa shape index (κ1) is 20.9. The summed E-state index contributed by atoms with van der Waals surface area (Å²) < 4.78 is 21.1. The van der Waals surface area contributed by atoms with Crippen molar-refractivity contribution in [1.82, 2.24) is 5.32 Å². The van der Waals surface area contributed by atoms with E-state index in [-0.39, 0.29) is 23.3 Å². The number of benzene rings is 1. The summed E-state index contributed by atoms with van der Waals surface area (Å²) in [4.78, 5) is 25.0. The Hall–Kier alpha value is -2.44. The normalized spacial score (nSPS) is 20.3. The summed E-state index contributed by atoms with van der Waals surface area (Å²) in [6.45, 7) is 3.70. The second kappa shape index (κ2) is 9.48. The second-order valence-electron chi connectivity index (χ2n) is 6.81. The lowest BCUT2D eigenvalue weighted by atomic mass is 9.86. The molecule has 1 aromatic rings. The lowest BCUT2D eigenvalue weighted by Gasteiger charge is -2.30. The number of methoxy groups -OCH3 is 3. The van der Waals surface area contributed by atoms with Crippen LogP contribution in [-0.2, 0) is 9.53 Å². The molecule has 1 saturated carbocycles. The van der Waals surface area contributed by atoms with Crippen molar-refractivity contribution < 1.29 is 28.5 Å². The average Bonchev–Trinajstić information content (AvgIpc) is 2.67. The Kier molecular flexibility index (Phi) is 7.33. The SMILES string of the molecule is COc1ccc(C(=O)O[C@H](C)C(=O)N[C@@H]2CCCC[C@H]2C)c(OC)c1OC. The van der Waals surface area contributed by atoms with Gasteiger partial charge in [0.15, 0.2) is 17.6 Å². The van der Waals surface area contributed by atoms with Gasteiger partial charge in [0.05, 0.1) is 21.3 Å². The van der Waals surface area contributed by atoms with Crippen molar-refractivity contribution in [3.05, 3.63) is 17.7 Å². The quantitative estimate of drug-likeness (QED) is 0.734. The van der Waals surface area contributed by atoms with Crippen LogP contribution < -0.4 is 19.5 Å². The fourth-order valence-electron chi connectivity index (χ4n) is 3.37. The number of hydrogen-bond acceptors (Lipinski definition) is 6. The third-order valence-electron chi connectivity index (χ3n) is 5.02. The molecule has 0 unspecified atom stereocenters. The van der Waals surface area contributed by atoms with Gasteiger partial charge in [-0.3, -0.25) is 4.79 Å². The zero-order chi connectivity index (χ0) is 20.0. The molecule has 0 bridgehead atoms. The molecular weight excluding hydrogens is 350 g/mol. The van der Waals surface area contributed by atoms with Crippen LogP contribution in [0, 0.1) is 5.92 Å². The van der Waals surface area contributed by atoms with Crippen molar-refractivity contribution in [2.75, 3.05) is 21.3 Å². The van der Waals surface area contributed by atoms with Gasteiger partial charge < -0.3 is 24.3 Å². The minimum absolute atomic E-state index is 0.128. The van der Waals surface area contributed by atoms with Gasteiger partial charge in [-0.2, -0.15) is 0 Å². The van der Waals surface area contributed by atoms with Crippen LogP contribution >= 0.6 is 0 Å². The van der Waals surface area contributed by atoms with Gasteiger partial charge in [0.2, 0.25) is 5.75 Å². The average molecular weight is 379 g/mol. The maximum atomic E-state index is 12.6. The molecule has 1 fully saturated rings. The van der Waals surface area contributed by atoms with E-state index in [1.807, 2.05) is 0 Å². The smallest absolute Gasteiger partial charge is 0.342 e. The zero-order valence-electron chi connectivity index (χ0n) is 16.7. The zero-order valence-corrected chi connectivity index (χ0v) is 16.7. The second-order valence-corrected chi connectivity index (χ2v) is 6.81. The van der Waals surface area contributed by atoms with Crippen LogP contribution in [0.3, 0.4) is 0 Å². The first-order chi connectivity index (χ1) is 12.9. The maximum absolute atomic E-state index is 12.6. The predicted molar refractivity (Wildman–Crippen MR) is 101 cm³/mol. The highest BCUT2D eigenvalue weighted by Crippen LogP contribution is 2.40. The molecule has 27 heavy (non-hydrogen) atoms. The van der Waals surface area contributed by atoms with Gasteiger partial charge in [-0.1, -0.05) is 19.8 Å². The largest absolute Gasteiger partial charge is 0.493 e. The fraction of sp³-hybridized carbons (Fsp3) is 0.600. The number of nitrogens with one attached hydrogen (secondary N) is 1. The summed E-state index contributed by atoms with van der Waals surface area (Å²) in [6, 6.07) is 3.24. The topological polar surface area (TPSA) is 83.1 Å². The van der Waals surface area contributed by atoms with Crippen LogP contribution in [0.5, 0.6) is 17.2 Å². The van der Waals surface area contributed by atoms with Crippen molar-refractivity contribution >= 4 is 11.9 Å². The van der Waals surface area contributed by atoms with E-state index in [9.17, 15) is 9.59 Å². The maximum Gasteiger partial charge on any atom is 0.342 e. The molecule has 0 aromatic heterocycles. The van der Waals surface area contributed by atoms with Crippen LogP contribution in [0.2, 0.25) is 0 Å². The van der Waals surface area contributed by atoms with Gasteiger partial charge in [0.1, 0.15) is 5.56 Å². The molecule has 0 heterocycles. The summed E-state index contributed by atoms with van der Waals surface area (Å²) in [5, 5.41) is 3.00. The van der Waals surface area contributed by atoms with Crippen LogP contribution in [0.15, 0.2) is 12.1 Å². The first-order valence-corrected chi connectivity index (χ1v) is 9.23. The van der Waals surface area contributed by atoms with E-state index in [1.54, 1.807) is 13.0 Å². The molecule has 2 rings (SSSR count). The van der Waals surface area contributed by atoms with Gasteiger partial charge in [-0.05, 0) is 37.8 Å². The molecule has 0 saturated heterocycles. The third kappa shape index (κ3) is 4.84. The number of carbonyl (C=O) groups excluding carboxylic acids is 2. The molecule has 1 N–H and O–H groups in total. The number of hydrogen-bond donors (Lipinski definition) is 1. The highest BCUT2D eigenvalue weighted by Gasteiger charge is 2.28. The van der Waals surface area contributed by atoms with Gasteiger partial charge in [-0.25, -0.2) is 4.79 Å². The summed E-state index contributed by atoms with van der Waals surface area (Å²) >= 11 is 0. The van der Waals surface area contributed by atoms with Crippen molar-refractivity contribution in [2.24, 2.45) is 5.92 Å². The molecule has 0 aliphatic heterocycles. The van der Waals surface area contributed by atoms with E-state index in [1.165, 1.54) is 33.8 Å². The Bertz CT molecular complexity index is 675. The van der Waals surface area contributed by atoms with E-state index in [0.29, 0.717) is 17.4 Å². The molecule has 1 amide bonds. The summed E-state index contributed by atoms with van der Waals surface area (Å²) in [7, 11) is 4.37. The predicted octanol–water partition coefficient (Wildman–Crippen LogP) is 2.95.